The van der Waals surface area contributed by atoms with Crippen LogP contribution >= 0.6 is 0 Å². The van der Waals surface area contributed by atoms with Crippen molar-refractivity contribution < 1.29 is 14.6 Å². The van der Waals surface area contributed by atoms with Crippen LogP contribution in [0.5, 0.6) is 5.75 Å². The summed E-state index contributed by atoms with van der Waals surface area (Å²) >= 11 is 0. The highest BCUT2D eigenvalue weighted by molar-refractivity contribution is 5.66. The van der Waals surface area contributed by atoms with Gasteiger partial charge in [0.05, 0.1) is 12.3 Å². The third-order valence-corrected chi connectivity index (χ3v) is 2.36. The van der Waals surface area contributed by atoms with Gasteiger partial charge >= 0.3 is 5.97 Å². The molecule has 0 saturated carbocycles. The molecule has 6 nitrogen and oxygen atoms in total. The molecule has 0 spiro atoms. The van der Waals surface area contributed by atoms with Crippen molar-refractivity contribution in [3.63, 3.8) is 0 Å². The maximum Gasteiger partial charge on any atom is 0.325 e. The van der Waals surface area contributed by atoms with Crippen LogP contribution in [0.1, 0.15) is 13.8 Å². The summed E-state index contributed by atoms with van der Waals surface area (Å²) in [6, 6.07) is 7.44. The van der Waals surface area contributed by atoms with Gasteiger partial charge in [0.15, 0.2) is 0 Å². The fourth-order valence-electron chi connectivity index (χ4n) is 1.62. The molecule has 2 rings (SSSR count). The van der Waals surface area contributed by atoms with Crippen molar-refractivity contribution >= 4 is 5.97 Å². The average Bonchev–Trinajstić information content (AvgIpc) is 2.76. The molecule has 0 aliphatic rings. The number of carbonyl (C=O) groups is 1. The van der Waals surface area contributed by atoms with E-state index < -0.39 is 5.97 Å². The number of hydrogen-bond acceptors (Lipinski definition) is 4. The van der Waals surface area contributed by atoms with Gasteiger partial charge in [-0.05, 0) is 38.1 Å². The summed E-state index contributed by atoms with van der Waals surface area (Å²) in [5.41, 5.74) is 1.50. The van der Waals surface area contributed by atoms with Crippen LogP contribution in [0, 0.1) is 0 Å². The van der Waals surface area contributed by atoms with Crippen molar-refractivity contribution in [3.05, 3.63) is 30.5 Å². The van der Waals surface area contributed by atoms with E-state index in [0.29, 0.717) is 5.69 Å². The molecular formula is C13H15N3O3. The lowest BCUT2D eigenvalue weighted by Gasteiger charge is -2.09. The molecule has 100 valence electrons. The molecule has 1 heterocycles. The van der Waals surface area contributed by atoms with Gasteiger partial charge in [0, 0.05) is 5.56 Å². The zero-order valence-corrected chi connectivity index (χ0v) is 10.8. The first-order chi connectivity index (χ1) is 9.04. The van der Waals surface area contributed by atoms with Crippen molar-refractivity contribution in [2.45, 2.75) is 26.5 Å². The fourth-order valence-corrected chi connectivity index (χ4v) is 1.62. The van der Waals surface area contributed by atoms with E-state index in [1.54, 1.807) is 6.20 Å². The standard InChI is InChI=1S/C13H15N3O3/c1-9(2)19-11-5-3-10(4-6-11)12-7-16(15-14-12)8-13(17)18/h3-7,9H,8H2,1-2H3,(H,17,18). The van der Waals surface area contributed by atoms with Crippen molar-refractivity contribution in [3.8, 4) is 17.0 Å². The van der Waals surface area contributed by atoms with Gasteiger partial charge in [-0.3, -0.25) is 4.79 Å². The Morgan fingerprint density at radius 2 is 2.05 bits per heavy atom. The molecule has 1 aromatic heterocycles. The van der Waals surface area contributed by atoms with Crippen LogP contribution in [0.15, 0.2) is 30.5 Å². The lowest BCUT2D eigenvalue weighted by molar-refractivity contribution is -0.137. The van der Waals surface area contributed by atoms with Gasteiger partial charge < -0.3 is 9.84 Å². The molecule has 1 aromatic carbocycles. The van der Waals surface area contributed by atoms with Crippen LogP contribution in [0.25, 0.3) is 11.3 Å². The Kier molecular flexibility index (Phi) is 3.79. The van der Waals surface area contributed by atoms with Gasteiger partial charge in [-0.2, -0.15) is 0 Å². The summed E-state index contributed by atoms with van der Waals surface area (Å²) in [6.07, 6.45) is 1.73. The van der Waals surface area contributed by atoms with Crippen LogP contribution in [0.2, 0.25) is 0 Å². The molecule has 0 unspecified atom stereocenters. The molecular weight excluding hydrogens is 246 g/mol. The number of nitrogens with zero attached hydrogens (tertiary/aromatic N) is 3. The largest absolute Gasteiger partial charge is 0.491 e. The highest BCUT2D eigenvalue weighted by Crippen LogP contribution is 2.20. The Morgan fingerprint density at radius 1 is 1.37 bits per heavy atom. The third kappa shape index (κ3) is 3.54. The van der Waals surface area contributed by atoms with E-state index in [-0.39, 0.29) is 12.6 Å². The molecule has 0 amide bonds. The average molecular weight is 261 g/mol. The van der Waals surface area contributed by atoms with Crippen LogP contribution < -0.4 is 4.74 Å². The first kappa shape index (κ1) is 13.1. The van der Waals surface area contributed by atoms with E-state index in [1.165, 1.54) is 4.68 Å². The first-order valence-corrected chi connectivity index (χ1v) is 5.93. The highest BCUT2D eigenvalue weighted by Gasteiger charge is 2.06. The highest BCUT2D eigenvalue weighted by atomic mass is 16.5. The molecule has 0 bridgehead atoms. The predicted octanol–water partition coefficient (Wildman–Crippen LogP) is 1.82. The normalized spacial score (nSPS) is 10.7. The Bertz CT molecular complexity index is 561. The number of ether oxygens (including phenoxy) is 1. The minimum atomic E-state index is -0.947. The summed E-state index contributed by atoms with van der Waals surface area (Å²) in [6.45, 7) is 3.73. The van der Waals surface area contributed by atoms with Crippen molar-refractivity contribution in [2.75, 3.05) is 0 Å². The maximum atomic E-state index is 10.6. The van der Waals surface area contributed by atoms with Crippen LogP contribution in [0.3, 0.4) is 0 Å². The maximum absolute atomic E-state index is 10.6. The smallest absolute Gasteiger partial charge is 0.325 e. The van der Waals surface area contributed by atoms with Gasteiger partial charge in [-0.1, -0.05) is 5.21 Å². The number of hydrogen-bond donors (Lipinski definition) is 1. The molecule has 2 aromatic rings. The SMILES string of the molecule is CC(C)Oc1ccc(-c2cn(CC(=O)O)nn2)cc1. The van der Waals surface area contributed by atoms with E-state index in [2.05, 4.69) is 10.3 Å². The van der Waals surface area contributed by atoms with Crippen LogP contribution in [-0.2, 0) is 11.3 Å². The zero-order valence-electron chi connectivity index (χ0n) is 10.8. The Labute approximate surface area is 110 Å². The minimum Gasteiger partial charge on any atom is -0.491 e. The number of rotatable bonds is 5. The molecule has 19 heavy (non-hydrogen) atoms. The van der Waals surface area contributed by atoms with E-state index in [0.717, 1.165) is 11.3 Å². The molecule has 0 aliphatic carbocycles. The summed E-state index contributed by atoms with van der Waals surface area (Å²) in [5, 5.41) is 16.4. The number of aliphatic carboxylic acids is 1. The lowest BCUT2D eigenvalue weighted by Crippen LogP contribution is -2.08. The molecule has 6 heteroatoms. The summed E-state index contributed by atoms with van der Waals surface area (Å²) in [4.78, 5) is 10.6. The van der Waals surface area contributed by atoms with Gasteiger partial charge in [-0.15, -0.1) is 5.10 Å². The second-order valence-corrected chi connectivity index (χ2v) is 4.39. The zero-order chi connectivity index (χ0) is 13.8. The Balaban J connectivity index is 2.13. The second kappa shape index (κ2) is 5.51. The molecule has 0 fully saturated rings. The van der Waals surface area contributed by atoms with E-state index in [1.807, 2.05) is 38.1 Å². The number of carboxylic acids is 1. The van der Waals surface area contributed by atoms with E-state index in [4.69, 9.17) is 9.84 Å². The number of carboxylic acid groups (broad SMARTS) is 1. The number of benzene rings is 1. The monoisotopic (exact) mass is 261 g/mol. The molecule has 0 atom stereocenters. The Hall–Kier alpha value is -2.37. The topological polar surface area (TPSA) is 77.2 Å². The second-order valence-electron chi connectivity index (χ2n) is 4.39. The van der Waals surface area contributed by atoms with E-state index in [9.17, 15) is 4.79 Å². The van der Waals surface area contributed by atoms with Gasteiger partial charge in [0.2, 0.25) is 0 Å². The van der Waals surface area contributed by atoms with Gasteiger partial charge in [0.1, 0.15) is 18.0 Å². The Morgan fingerprint density at radius 3 is 2.63 bits per heavy atom. The summed E-state index contributed by atoms with van der Waals surface area (Å²) in [5.74, 6) is -0.159. The van der Waals surface area contributed by atoms with Crippen molar-refractivity contribution in [1.82, 2.24) is 15.0 Å². The third-order valence-electron chi connectivity index (χ3n) is 2.36. The number of aromatic nitrogens is 3. The summed E-state index contributed by atoms with van der Waals surface area (Å²) in [7, 11) is 0. The van der Waals surface area contributed by atoms with E-state index >= 15 is 0 Å². The van der Waals surface area contributed by atoms with Crippen LogP contribution in [0.4, 0.5) is 0 Å². The molecule has 0 saturated heterocycles. The fraction of sp³-hybridized carbons (Fsp3) is 0.308. The molecule has 1 N–H and O–H groups in total. The minimum absolute atomic E-state index is 0.127. The molecule has 0 radical (unpaired) electrons. The predicted molar refractivity (Wildman–Crippen MR) is 68.9 cm³/mol. The molecule has 0 aliphatic heterocycles. The van der Waals surface area contributed by atoms with Crippen molar-refractivity contribution in [1.29, 1.82) is 0 Å². The van der Waals surface area contributed by atoms with Gasteiger partial charge in [-0.25, -0.2) is 4.68 Å². The summed E-state index contributed by atoms with van der Waals surface area (Å²) < 4.78 is 6.83. The van der Waals surface area contributed by atoms with Crippen molar-refractivity contribution in [2.24, 2.45) is 0 Å². The van der Waals surface area contributed by atoms with Crippen LogP contribution in [-0.4, -0.2) is 32.2 Å². The quantitative estimate of drug-likeness (QED) is 0.888. The lowest BCUT2D eigenvalue weighted by atomic mass is 10.1. The van der Waals surface area contributed by atoms with Gasteiger partial charge in [0.25, 0.3) is 0 Å². The first-order valence-electron chi connectivity index (χ1n) is 5.93.